The zero-order valence-electron chi connectivity index (χ0n) is 19.9. The van der Waals surface area contributed by atoms with Crippen molar-refractivity contribution in [3.63, 3.8) is 0 Å². The maximum atomic E-state index is 13.6. The van der Waals surface area contributed by atoms with Crippen LogP contribution < -0.4 is 23.8 Å². The monoisotopic (exact) mass is 496 g/mol. The lowest BCUT2D eigenvalue weighted by Gasteiger charge is -2.26. The van der Waals surface area contributed by atoms with Gasteiger partial charge in [0.1, 0.15) is 25.5 Å². The number of fused-ring (bicyclic) bond motifs is 1. The van der Waals surface area contributed by atoms with Crippen molar-refractivity contribution in [1.82, 2.24) is 5.32 Å². The van der Waals surface area contributed by atoms with Crippen LogP contribution in [0.4, 0.5) is 5.69 Å². The number of hydrogen-bond donors (Lipinski definition) is 1. The summed E-state index contributed by atoms with van der Waals surface area (Å²) in [6.45, 7) is 4.23. The highest BCUT2D eigenvalue weighted by Gasteiger charge is 2.30. The molecule has 1 N–H and O–H groups in total. The van der Waals surface area contributed by atoms with E-state index >= 15 is 0 Å². The Morgan fingerprint density at radius 2 is 1.71 bits per heavy atom. The third kappa shape index (κ3) is 5.35. The first-order valence-corrected chi connectivity index (χ1v) is 12.6. The molecule has 1 aliphatic heterocycles. The molecular formula is C26H28N2O6S. The normalized spacial score (nSPS) is 13.6. The number of sulfonamides is 1. The Bertz CT molecular complexity index is 1310. The predicted molar refractivity (Wildman–Crippen MR) is 133 cm³/mol. The van der Waals surface area contributed by atoms with Gasteiger partial charge in [-0.2, -0.15) is 0 Å². The molecule has 1 aliphatic rings. The van der Waals surface area contributed by atoms with E-state index in [-0.39, 0.29) is 16.6 Å². The van der Waals surface area contributed by atoms with Gasteiger partial charge in [-0.05, 0) is 55.8 Å². The van der Waals surface area contributed by atoms with Crippen molar-refractivity contribution in [2.24, 2.45) is 0 Å². The molecule has 184 valence electrons. The van der Waals surface area contributed by atoms with E-state index in [1.54, 1.807) is 42.5 Å². The van der Waals surface area contributed by atoms with E-state index in [1.165, 1.54) is 19.2 Å². The summed E-state index contributed by atoms with van der Waals surface area (Å²) < 4.78 is 44.9. The highest BCUT2D eigenvalue weighted by atomic mass is 32.2. The molecule has 8 nitrogen and oxygen atoms in total. The Labute approximate surface area is 205 Å². The number of carbonyl (C=O) groups is 1. The Morgan fingerprint density at radius 1 is 1.03 bits per heavy atom. The molecule has 0 spiro atoms. The summed E-state index contributed by atoms with van der Waals surface area (Å²) >= 11 is 0. The van der Waals surface area contributed by atoms with Gasteiger partial charge in [0.05, 0.1) is 23.7 Å². The molecular weight excluding hydrogens is 468 g/mol. The third-order valence-corrected chi connectivity index (χ3v) is 7.47. The Balaban J connectivity index is 1.60. The minimum absolute atomic E-state index is 0.0849. The average molecular weight is 497 g/mol. The highest BCUT2D eigenvalue weighted by Crippen LogP contribution is 2.34. The second kappa shape index (κ2) is 10.3. The Morgan fingerprint density at radius 3 is 2.43 bits per heavy atom. The molecule has 9 heteroatoms. The van der Waals surface area contributed by atoms with Crippen LogP contribution in [0.5, 0.6) is 17.2 Å². The van der Waals surface area contributed by atoms with Crippen LogP contribution in [-0.4, -0.2) is 41.2 Å². The number of nitrogens with zero attached hydrogens (tertiary/aromatic N) is 1. The van der Waals surface area contributed by atoms with Crippen molar-refractivity contribution in [2.45, 2.75) is 24.8 Å². The lowest BCUT2D eigenvalue weighted by molar-refractivity contribution is -0.120. The maximum absolute atomic E-state index is 13.6. The number of ether oxygens (including phenoxy) is 3. The maximum Gasteiger partial charge on any atom is 0.264 e. The van der Waals surface area contributed by atoms with Crippen molar-refractivity contribution in [1.29, 1.82) is 0 Å². The van der Waals surface area contributed by atoms with Crippen LogP contribution in [0.2, 0.25) is 0 Å². The van der Waals surface area contributed by atoms with E-state index in [0.29, 0.717) is 30.5 Å². The number of methoxy groups -OCH3 is 1. The van der Waals surface area contributed by atoms with Crippen molar-refractivity contribution in [3.05, 3.63) is 77.9 Å². The summed E-state index contributed by atoms with van der Waals surface area (Å²) in [5.41, 5.74) is 2.02. The zero-order chi connectivity index (χ0) is 25.0. The number of rotatable bonds is 8. The molecule has 0 fully saturated rings. The molecule has 35 heavy (non-hydrogen) atoms. The molecule has 0 bridgehead atoms. The largest absolute Gasteiger partial charge is 0.495 e. The first-order valence-electron chi connectivity index (χ1n) is 11.2. The lowest BCUT2D eigenvalue weighted by atomic mass is 10.1. The van der Waals surface area contributed by atoms with Crippen molar-refractivity contribution >= 4 is 21.6 Å². The van der Waals surface area contributed by atoms with Crippen LogP contribution in [0.15, 0.2) is 71.6 Å². The fourth-order valence-corrected chi connectivity index (χ4v) is 5.23. The van der Waals surface area contributed by atoms with Gasteiger partial charge in [0.25, 0.3) is 10.0 Å². The summed E-state index contributed by atoms with van der Waals surface area (Å²) in [6, 6.07) is 18.3. The topological polar surface area (TPSA) is 94.2 Å². The number of amides is 1. The molecule has 4 rings (SSSR count). The second-order valence-corrected chi connectivity index (χ2v) is 10.1. The van der Waals surface area contributed by atoms with Crippen molar-refractivity contribution in [3.8, 4) is 17.2 Å². The molecule has 0 saturated heterocycles. The van der Waals surface area contributed by atoms with Gasteiger partial charge in [0.15, 0.2) is 11.5 Å². The first kappa shape index (κ1) is 24.4. The number of anilines is 1. The van der Waals surface area contributed by atoms with E-state index in [2.05, 4.69) is 5.32 Å². The summed E-state index contributed by atoms with van der Waals surface area (Å²) in [5.74, 6) is 1.15. The van der Waals surface area contributed by atoms with Gasteiger partial charge in [-0.15, -0.1) is 0 Å². The van der Waals surface area contributed by atoms with Crippen LogP contribution in [0.1, 0.15) is 24.1 Å². The average Bonchev–Trinajstić information content (AvgIpc) is 2.87. The number of nitrogens with one attached hydrogen (secondary N) is 1. The minimum atomic E-state index is -4.06. The minimum Gasteiger partial charge on any atom is -0.495 e. The van der Waals surface area contributed by atoms with Gasteiger partial charge in [-0.1, -0.05) is 35.9 Å². The van der Waals surface area contributed by atoms with E-state index < -0.39 is 22.5 Å². The third-order valence-electron chi connectivity index (χ3n) is 5.69. The summed E-state index contributed by atoms with van der Waals surface area (Å²) in [7, 11) is -2.60. The number of para-hydroxylation sites is 2. The first-order chi connectivity index (χ1) is 16.8. The van der Waals surface area contributed by atoms with Gasteiger partial charge < -0.3 is 19.5 Å². The second-order valence-electron chi connectivity index (χ2n) is 8.19. The molecule has 0 aromatic heterocycles. The zero-order valence-corrected chi connectivity index (χ0v) is 20.7. The molecule has 0 saturated carbocycles. The number of benzene rings is 3. The summed E-state index contributed by atoms with van der Waals surface area (Å²) in [5, 5.41) is 2.89. The number of aryl methyl sites for hydroxylation is 1. The van der Waals surface area contributed by atoms with Crippen LogP contribution >= 0.6 is 0 Å². The molecule has 0 aliphatic carbocycles. The van der Waals surface area contributed by atoms with Crippen molar-refractivity contribution < 1.29 is 27.4 Å². The molecule has 3 aromatic rings. The number of hydrogen-bond acceptors (Lipinski definition) is 6. The summed E-state index contributed by atoms with van der Waals surface area (Å²) in [6.07, 6.45) is 0. The molecule has 0 unspecified atom stereocenters. The van der Waals surface area contributed by atoms with Gasteiger partial charge in [0, 0.05) is 0 Å². The van der Waals surface area contributed by atoms with Crippen molar-refractivity contribution in [2.75, 3.05) is 31.2 Å². The van der Waals surface area contributed by atoms with Gasteiger partial charge in [-0.25, -0.2) is 8.42 Å². The Hall–Kier alpha value is -3.72. The Kier molecular flexibility index (Phi) is 7.16. The molecule has 1 amide bonds. The lowest BCUT2D eigenvalue weighted by Crippen LogP contribution is -2.41. The van der Waals surface area contributed by atoms with Gasteiger partial charge >= 0.3 is 0 Å². The van der Waals surface area contributed by atoms with E-state index in [1.807, 2.05) is 26.0 Å². The van der Waals surface area contributed by atoms with E-state index in [4.69, 9.17) is 14.2 Å². The van der Waals surface area contributed by atoms with E-state index in [9.17, 15) is 13.2 Å². The van der Waals surface area contributed by atoms with Gasteiger partial charge in [0.2, 0.25) is 5.91 Å². The highest BCUT2D eigenvalue weighted by molar-refractivity contribution is 7.92. The fraction of sp³-hybridized carbons (Fsp3) is 0.269. The molecule has 1 heterocycles. The molecule has 3 aromatic carbocycles. The van der Waals surface area contributed by atoms with Crippen LogP contribution in [-0.2, 0) is 14.8 Å². The fourth-order valence-electron chi connectivity index (χ4n) is 3.80. The smallest absolute Gasteiger partial charge is 0.264 e. The van der Waals surface area contributed by atoms with Gasteiger partial charge in [-0.3, -0.25) is 9.10 Å². The quantitative estimate of drug-likeness (QED) is 0.509. The number of carbonyl (C=O) groups excluding carboxylic acids is 1. The van der Waals surface area contributed by atoms with Crippen LogP contribution in [0.3, 0.4) is 0 Å². The summed E-state index contributed by atoms with van der Waals surface area (Å²) in [4.78, 5) is 13.2. The predicted octanol–water partition coefficient (Wildman–Crippen LogP) is 3.85. The van der Waals surface area contributed by atoms with Crippen LogP contribution in [0, 0.1) is 6.92 Å². The standard InChI is InChI=1S/C26H28N2O6S/c1-18-8-11-21(12-9-18)35(30,31)28(22-6-4-5-7-23(22)32-3)17-26(29)27-19(2)20-10-13-24-25(16-20)34-15-14-33-24/h4-13,16,19H,14-15,17H2,1-3H3,(H,27,29)/t19-/m1/s1. The molecule has 0 radical (unpaired) electrons. The van der Waals surface area contributed by atoms with Crippen LogP contribution in [0.25, 0.3) is 0 Å². The van der Waals surface area contributed by atoms with E-state index in [0.717, 1.165) is 15.4 Å². The molecule has 1 atom stereocenters. The SMILES string of the molecule is COc1ccccc1N(CC(=O)N[C@H](C)c1ccc2c(c1)OCCO2)S(=O)(=O)c1ccc(C)cc1.